The van der Waals surface area contributed by atoms with Gasteiger partial charge in [0.2, 0.25) is 10.0 Å². The van der Waals surface area contributed by atoms with Crippen molar-refractivity contribution in [3.63, 3.8) is 0 Å². The fraction of sp³-hybridized carbons (Fsp3) is 0.263. The molecule has 28 heavy (non-hydrogen) atoms. The molecule has 0 fully saturated rings. The number of hydrogen-bond donors (Lipinski definition) is 2. The Hall–Kier alpha value is -2.91. The minimum atomic E-state index is -3.72. The second-order valence-corrected chi connectivity index (χ2v) is 7.70. The smallest absolute Gasteiger partial charge is 0.341 e. The molecule has 2 aromatic rings. The van der Waals surface area contributed by atoms with E-state index in [-0.39, 0.29) is 21.7 Å². The second kappa shape index (κ2) is 8.85. The molecule has 0 bridgehead atoms. The maximum atomic E-state index is 12.6. The van der Waals surface area contributed by atoms with Crippen LogP contribution in [0.3, 0.4) is 0 Å². The van der Waals surface area contributed by atoms with Crippen LogP contribution in [0.2, 0.25) is 0 Å². The third-order valence-electron chi connectivity index (χ3n) is 4.13. The number of methoxy groups -OCH3 is 1. The Balaban J connectivity index is 2.34. The van der Waals surface area contributed by atoms with Gasteiger partial charge in [0.05, 0.1) is 17.7 Å². The number of carbonyl (C=O) groups is 2. The molecule has 2 N–H and O–H groups in total. The van der Waals surface area contributed by atoms with Gasteiger partial charge in [0, 0.05) is 18.7 Å². The predicted molar refractivity (Wildman–Crippen MR) is 104 cm³/mol. The van der Waals surface area contributed by atoms with E-state index >= 15 is 0 Å². The molecule has 8 nitrogen and oxygen atoms in total. The molecule has 9 heteroatoms. The van der Waals surface area contributed by atoms with E-state index in [1.54, 1.807) is 13.8 Å². The van der Waals surface area contributed by atoms with E-state index in [1.807, 2.05) is 0 Å². The first-order valence-corrected chi connectivity index (χ1v) is 10.0. The van der Waals surface area contributed by atoms with E-state index in [0.29, 0.717) is 13.1 Å². The fourth-order valence-electron chi connectivity index (χ4n) is 2.62. The van der Waals surface area contributed by atoms with Gasteiger partial charge in [0.15, 0.2) is 5.75 Å². The highest BCUT2D eigenvalue weighted by Crippen LogP contribution is 2.28. The highest BCUT2D eigenvalue weighted by atomic mass is 32.2. The number of carbonyl (C=O) groups excluding carboxylic acids is 2. The summed E-state index contributed by atoms with van der Waals surface area (Å²) in [6.07, 6.45) is 0. The molecule has 1 amide bonds. The third-order valence-corrected chi connectivity index (χ3v) is 6.17. The summed E-state index contributed by atoms with van der Waals surface area (Å²) in [6.45, 7) is 4.08. The van der Waals surface area contributed by atoms with Crippen molar-refractivity contribution in [1.82, 2.24) is 4.31 Å². The number of hydrogen-bond acceptors (Lipinski definition) is 6. The summed E-state index contributed by atoms with van der Waals surface area (Å²) in [7, 11) is -2.54. The Morgan fingerprint density at radius 3 is 2.36 bits per heavy atom. The lowest BCUT2D eigenvalue weighted by atomic mass is 10.1. The summed E-state index contributed by atoms with van der Waals surface area (Å²) in [5.74, 6) is -1.82. The highest BCUT2D eigenvalue weighted by Gasteiger charge is 2.23. The van der Waals surface area contributed by atoms with Gasteiger partial charge in [-0.15, -0.1) is 0 Å². The van der Waals surface area contributed by atoms with Crippen LogP contribution in [-0.2, 0) is 14.8 Å². The van der Waals surface area contributed by atoms with E-state index in [4.69, 9.17) is 0 Å². The molecule has 0 unspecified atom stereocenters. The van der Waals surface area contributed by atoms with Gasteiger partial charge in [-0.1, -0.05) is 26.0 Å². The number of sulfonamides is 1. The van der Waals surface area contributed by atoms with Crippen LogP contribution < -0.4 is 5.32 Å². The van der Waals surface area contributed by atoms with Crippen LogP contribution in [0.15, 0.2) is 47.4 Å². The SMILES string of the molecule is CCN(CC)S(=O)(=O)c1cccc(C(=O)Nc2cccc(C(=O)OC)c2O)c1. The molecule has 0 saturated carbocycles. The summed E-state index contributed by atoms with van der Waals surface area (Å²) in [6, 6.07) is 9.85. The molecule has 0 radical (unpaired) electrons. The van der Waals surface area contributed by atoms with Gasteiger partial charge < -0.3 is 15.2 Å². The Morgan fingerprint density at radius 1 is 1.11 bits per heavy atom. The van der Waals surface area contributed by atoms with Gasteiger partial charge in [-0.05, 0) is 30.3 Å². The third kappa shape index (κ3) is 4.32. The number of anilines is 1. The predicted octanol–water partition coefficient (Wildman–Crippen LogP) is 2.46. The van der Waals surface area contributed by atoms with Crippen molar-refractivity contribution in [3.8, 4) is 5.75 Å². The standard InChI is InChI=1S/C19H22N2O6S/c1-4-21(5-2)28(25,26)14-9-6-8-13(12-14)18(23)20-16-11-7-10-15(17(16)22)19(24)27-3/h6-12,22H,4-5H2,1-3H3,(H,20,23). The topological polar surface area (TPSA) is 113 Å². The number of rotatable bonds is 7. The average molecular weight is 406 g/mol. The molecule has 0 aliphatic carbocycles. The molecule has 0 atom stereocenters. The first-order valence-electron chi connectivity index (χ1n) is 8.58. The summed E-state index contributed by atoms with van der Waals surface area (Å²) < 4.78 is 31.1. The number of benzene rings is 2. The first-order chi connectivity index (χ1) is 13.3. The number of phenols is 1. The van der Waals surface area contributed by atoms with E-state index in [2.05, 4.69) is 10.1 Å². The zero-order valence-electron chi connectivity index (χ0n) is 15.8. The molecule has 0 saturated heterocycles. The lowest BCUT2D eigenvalue weighted by molar-refractivity contribution is 0.0597. The van der Waals surface area contributed by atoms with E-state index in [1.165, 1.54) is 53.9 Å². The largest absolute Gasteiger partial charge is 0.505 e. The number of nitrogens with one attached hydrogen (secondary N) is 1. The second-order valence-electron chi connectivity index (χ2n) is 5.76. The zero-order valence-corrected chi connectivity index (χ0v) is 16.6. The summed E-state index contributed by atoms with van der Waals surface area (Å²) in [5, 5.41) is 12.7. The average Bonchev–Trinajstić information content (AvgIpc) is 2.69. The van der Waals surface area contributed by atoms with Crippen molar-refractivity contribution in [2.75, 3.05) is 25.5 Å². The molecule has 150 valence electrons. The molecule has 0 aromatic heterocycles. The lowest BCUT2D eigenvalue weighted by Crippen LogP contribution is -2.30. The normalized spacial score (nSPS) is 11.3. The minimum absolute atomic E-state index is 0.00335. The van der Waals surface area contributed by atoms with E-state index in [9.17, 15) is 23.1 Å². The molecule has 2 aromatic carbocycles. The maximum Gasteiger partial charge on any atom is 0.341 e. The highest BCUT2D eigenvalue weighted by molar-refractivity contribution is 7.89. The summed E-state index contributed by atoms with van der Waals surface area (Å²) in [4.78, 5) is 24.2. The van der Waals surface area contributed by atoms with E-state index in [0.717, 1.165) is 0 Å². The van der Waals surface area contributed by atoms with Crippen LogP contribution in [0.25, 0.3) is 0 Å². The number of phenolic OH excluding ortho intramolecular Hbond substituents is 1. The number of esters is 1. The molecule has 0 aliphatic rings. The van der Waals surface area contributed by atoms with Crippen LogP contribution in [0, 0.1) is 0 Å². The Kier molecular flexibility index (Phi) is 6.76. The van der Waals surface area contributed by atoms with E-state index < -0.39 is 27.6 Å². The van der Waals surface area contributed by atoms with Gasteiger partial charge in [0.25, 0.3) is 5.91 Å². The number of amides is 1. The molecule has 0 aliphatic heterocycles. The van der Waals surface area contributed by atoms with Crippen molar-refractivity contribution in [2.24, 2.45) is 0 Å². The van der Waals surface area contributed by atoms with Gasteiger partial charge >= 0.3 is 5.97 Å². The Morgan fingerprint density at radius 2 is 1.75 bits per heavy atom. The first kappa shape index (κ1) is 21.4. The number of ether oxygens (including phenoxy) is 1. The van der Waals surface area contributed by atoms with Crippen molar-refractivity contribution >= 4 is 27.6 Å². The van der Waals surface area contributed by atoms with Gasteiger partial charge in [-0.2, -0.15) is 4.31 Å². The van der Waals surface area contributed by atoms with Gasteiger partial charge in [-0.3, -0.25) is 4.79 Å². The van der Waals surface area contributed by atoms with Crippen LogP contribution in [0.5, 0.6) is 5.75 Å². The quantitative estimate of drug-likeness (QED) is 0.539. The Bertz CT molecular complexity index is 984. The number of nitrogens with zero attached hydrogens (tertiary/aromatic N) is 1. The minimum Gasteiger partial charge on any atom is -0.505 e. The number of para-hydroxylation sites is 1. The van der Waals surface area contributed by atoms with Crippen molar-refractivity contribution in [1.29, 1.82) is 0 Å². The van der Waals surface area contributed by atoms with Crippen LogP contribution in [0.4, 0.5) is 5.69 Å². The number of aromatic hydroxyl groups is 1. The molecular formula is C19H22N2O6S. The Labute approximate surface area is 163 Å². The molecular weight excluding hydrogens is 384 g/mol. The molecule has 2 rings (SSSR count). The van der Waals surface area contributed by atoms with Crippen LogP contribution in [0.1, 0.15) is 34.6 Å². The van der Waals surface area contributed by atoms with Crippen LogP contribution >= 0.6 is 0 Å². The summed E-state index contributed by atoms with van der Waals surface area (Å²) >= 11 is 0. The summed E-state index contributed by atoms with van der Waals surface area (Å²) in [5.41, 5.74) is -0.000771. The van der Waals surface area contributed by atoms with Crippen LogP contribution in [-0.4, -0.2) is 49.9 Å². The maximum absolute atomic E-state index is 12.6. The monoisotopic (exact) mass is 406 g/mol. The zero-order chi connectivity index (χ0) is 20.9. The fourth-order valence-corrected chi connectivity index (χ4v) is 4.13. The lowest BCUT2D eigenvalue weighted by Gasteiger charge is -2.18. The van der Waals surface area contributed by atoms with Crippen molar-refractivity contribution in [2.45, 2.75) is 18.7 Å². The molecule has 0 spiro atoms. The van der Waals surface area contributed by atoms with Crippen molar-refractivity contribution < 1.29 is 27.9 Å². The molecule has 0 heterocycles. The van der Waals surface area contributed by atoms with Crippen molar-refractivity contribution in [3.05, 3.63) is 53.6 Å². The van der Waals surface area contributed by atoms with Gasteiger partial charge in [0.1, 0.15) is 5.56 Å². The van der Waals surface area contributed by atoms with Gasteiger partial charge in [-0.25, -0.2) is 13.2 Å².